The molecular formula is C9H7F6NO2. The van der Waals surface area contributed by atoms with Crippen LogP contribution in [0.3, 0.4) is 0 Å². The van der Waals surface area contributed by atoms with Crippen LogP contribution in [0.2, 0.25) is 0 Å². The van der Waals surface area contributed by atoms with E-state index in [0.29, 0.717) is 0 Å². The fourth-order valence-electron chi connectivity index (χ4n) is 1.29. The third-order valence-corrected chi connectivity index (χ3v) is 1.97. The molecule has 0 atom stereocenters. The quantitative estimate of drug-likeness (QED) is 0.776. The van der Waals surface area contributed by atoms with E-state index in [1.54, 1.807) is 0 Å². The summed E-state index contributed by atoms with van der Waals surface area (Å²) in [4.78, 5) is 2.97. The summed E-state index contributed by atoms with van der Waals surface area (Å²) in [6.45, 7) is 0.965. The molecule has 0 aliphatic heterocycles. The zero-order chi connectivity index (χ0) is 14.1. The van der Waals surface area contributed by atoms with E-state index in [4.69, 9.17) is 0 Å². The lowest BCUT2D eigenvalue weighted by Crippen LogP contribution is -2.22. The second-order valence-electron chi connectivity index (χ2n) is 3.18. The smallest absolute Gasteiger partial charge is 0.495 e. The molecule has 0 aromatic carbocycles. The maximum atomic E-state index is 12.7. The number of ether oxygens (including phenoxy) is 2. The molecule has 0 aliphatic rings. The Morgan fingerprint density at radius 3 is 2.06 bits per heavy atom. The highest BCUT2D eigenvalue weighted by molar-refractivity contribution is 5.44. The molecule has 0 aliphatic carbocycles. The molecule has 0 amide bonds. The minimum atomic E-state index is -5.26. The molecule has 3 nitrogen and oxygen atoms in total. The largest absolute Gasteiger partial charge is 0.574 e. The van der Waals surface area contributed by atoms with Gasteiger partial charge >= 0.3 is 12.5 Å². The van der Waals surface area contributed by atoms with E-state index in [9.17, 15) is 26.3 Å². The summed E-state index contributed by atoms with van der Waals surface area (Å²) < 4.78 is 81.7. The van der Waals surface area contributed by atoms with Gasteiger partial charge in [0.1, 0.15) is 11.3 Å². The van der Waals surface area contributed by atoms with Gasteiger partial charge in [-0.3, -0.25) is 0 Å². The number of aromatic nitrogens is 1. The molecule has 0 unspecified atom stereocenters. The van der Waals surface area contributed by atoms with Crippen molar-refractivity contribution in [2.75, 3.05) is 7.11 Å². The molecule has 0 fully saturated rings. The first-order valence-corrected chi connectivity index (χ1v) is 4.42. The first-order valence-electron chi connectivity index (χ1n) is 4.42. The highest BCUT2D eigenvalue weighted by atomic mass is 19.4. The summed E-state index contributed by atoms with van der Waals surface area (Å²) in [6.07, 6.45) is -9.56. The summed E-state index contributed by atoms with van der Waals surface area (Å²) in [5, 5.41) is 0. The minimum Gasteiger partial charge on any atom is -0.495 e. The van der Waals surface area contributed by atoms with Crippen LogP contribution in [0, 0.1) is 6.92 Å². The van der Waals surface area contributed by atoms with E-state index in [0.717, 1.165) is 20.2 Å². The summed E-state index contributed by atoms with van der Waals surface area (Å²) in [7, 11) is 1.08. The summed E-state index contributed by atoms with van der Waals surface area (Å²) >= 11 is 0. The number of alkyl halides is 6. The Kier molecular flexibility index (Phi) is 3.63. The van der Waals surface area contributed by atoms with Crippen LogP contribution in [0.5, 0.6) is 11.6 Å². The number of rotatable bonds is 2. The van der Waals surface area contributed by atoms with Gasteiger partial charge in [0, 0.05) is 5.56 Å². The fraction of sp³-hybridized carbons (Fsp3) is 0.444. The topological polar surface area (TPSA) is 31.4 Å². The molecule has 0 N–H and O–H groups in total. The van der Waals surface area contributed by atoms with Gasteiger partial charge in [-0.05, 0) is 6.92 Å². The summed E-state index contributed by atoms with van der Waals surface area (Å²) in [5.74, 6) is -1.83. The van der Waals surface area contributed by atoms with Gasteiger partial charge in [0.25, 0.3) is 0 Å². The SMILES string of the molecule is COc1cnc(OC(F)(F)F)c(C(F)(F)F)c1C. The zero-order valence-electron chi connectivity index (χ0n) is 9.11. The predicted molar refractivity (Wildman–Crippen MR) is 47.2 cm³/mol. The van der Waals surface area contributed by atoms with Gasteiger partial charge in [-0.2, -0.15) is 13.2 Å². The van der Waals surface area contributed by atoms with Crippen molar-refractivity contribution in [2.24, 2.45) is 0 Å². The van der Waals surface area contributed by atoms with E-state index >= 15 is 0 Å². The van der Waals surface area contributed by atoms with Gasteiger partial charge in [0.15, 0.2) is 0 Å². The molecule has 9 heteroatoms. The Balaban J connectivity index is 3.39. The van der Waals surface area contributed by atoms with Gasteiger partial charge in [-0.15, -0.1) is 13.2 Å². The molecule has 1 aromatic heterocycles. The lowest BCUT2D eigenvalue weighted by Gasteiger charge is -2.17. The van der Waals surface area contributed by atoms with Gasteiger partial charge < -0.3 is 9.47 Å². The highest BCUT2D eigenvalue weighted by Gasteiger charge is 2.42. The van der Waals surface area contributed by atoms with Crippen molar-refractivity contribution >= 4 is 0 Å². The van der Waals surface area contributed by atoms with Crippen molar-refractivity contribution in [3.8, 4) is 11.6 Å². The maximum Gasteiger partial charge on any atom is 0.574 e. The van der Waals surface area contributed by atoms with Crippen LogP contribution in [0.25, 0.3) is 0 Å². The number of hydrogen-bond acceptors (Lipinski definition) is 3. The molecular weight excluding hydrogens is 268 g/mol. The Morgan fingerprint density at radius 1 is 1.11 bits per heavy atom. The summed E-state index contributed by atoms with van der Waals surface area (Å²) in [5.41, 5.74) is -2.14. The zero-order valence-corrected chi connectivity index (χ0v) is 9.11. The molecule has 1 aromatic rings. The van der Waals surface area contributed by atoms with Gasteiger partial charge in [-0.25, -0.2) is 4.98 Å². The van der Waals surface area contributed by atoms with Crippen molar-refractivity contribution in [3.63, 3.8) is 0 Å². The van der Waals surface area contributed by atoms with Crippen LogP contribution in [0.4, 0.5) is 26.3 Å². The third-order valence-electron chi connectivity index (χ3n) is 1.97. The Labute approximate surface area is 97.3 Å². The molecule has 0 saturated carbocycles. The Bertz CT molecular complexity index is 440. The number of halogens is 6. The first-order chi connectivity index (χ1) is 8.06. The number of methoxy groups -OCH3 is 1. The lowest BCUT2D eigenvalue weighted by atomic mass is 10.1. The maximum absolute atomic E-state index is 12.7. The monoisotopic (exact) mass is 275 g/mol. The third kappa shape index (κ3) is 3.17. The molecule has 0 bridgehead atoms. The molecule has 1 heterocycles. The van der Waals surface area contributed by atoms with Gasteiger partial charge in [-0.1, -0.05) is 0 Å². The average Bonchev–Trinajstić information content (AvgIpc) is 2.13. The second kappa shape index (κ2) is 4.54. The van der Waals surface area contributed by atoms with E-state index in [1.165, 1.54) is 0 Å². The first kappa shape index (κ1) is 14.4. The second-order valence-corrected chi connectivity index (χ2v) is 3.18. The lowest BCUT2D eigenvalue weighted by molar-refractivity contribution is -0.277. The molecule has 0 radical (unpaired) electrons. The number of nitrogens with zero attached hydrogens (tertiary/aromatic N) is 1. The minimum absolute atomic E-state index is 0.281. The van der Waals surface area contributed by atoms with Crippen LogP contribution in [-0.4, -0.2) is 18.5 Å². The van der Waals surface area contributed by atoms with Gasteiger partial charge in [0.2, 0.25) is 5.88 Å². The number of pyridine rings is 1. The van der Waals surface area contributed by atoms with E-state index < -0.39 is 29.5 Å². The van der Waals surface area contributed by atoms with Crippen molar-refractivity contribution in [2.45, 2.75) is 19.5 Å². The molecule has 1 rings (SSSR count). The van der Waals surface area contributed by atoms with Crippen LogP contribution in [0.15, 0.2) is 6.20 Å². The molecule has 0 spiro atoms. The normalized spacial score (nSPS) is 12.4. The van der Waals surface area contributed by atoms with Crippen molar-refractivity contribution < 1.29 is 35.8 Å². The van der Waals surface area contributed by atoms with E-state index in [-0.39, 0.29) is 5.75 Å². The fourth-order valence-corrected chi connectivity index (χ4v) is 1.29. The standard InChI is InChI=1S/C9H7F6NO2/c1-4-5(17-2)3-16-7(18-9(13,14)15)6(4)8(10,11)12/h3H,1-2H3. The predicted octanol–water partition coefficient (Wildman–Crippen LogP) is 3.32. The highest BCUT2D eigenvalue weighted by Crippen LogP contribution is 2.41. The van der Waals surface area contributed by atoms with Crippen molar-refractivity contribution in [1.29, 1.82) is 0 Å². The molecule has 0 saturated heterocycles. The Morgan fingerprint density at radius 2 is 1.67 bits per heavy atom. The van der Waals surface area contributed by atoms with Crippen LogP contribution in [0.1, 0.15) is 11.1 Å². The number of hydrogen-bond donors (Lipinski definition) is 0. The van der Waals surface area contributed by atoms with Crippen LogP contribution in [-0.2, 0) is 6.18 Å². The summed E-state index contributed by atoms with van der Waals surface area (Å²) in [6, 6.07) is 0. The van der Waals surface area contributed by atoms with Gasteiger partial charge in [0.05, 0.1) is 13.3 Å². The average molecular weight is 275 g/mol. The van der Waals surface area contributed by atoms with E-state index in [2.05, 4.69) is 14.5 Å². The van der Waals surface area contributed by atoms with Crippen LogP contribution < -0.4 is 9.47 Å². The molecule has 18 heavy (non-hydrogen) atoms. The van der Waals surface area contributed by atoms with E-state index in [1.807, 2.05) is 0 Å². The van der Waals surface area contributed by atoms with Crippen molar-refractivity contribution in [1.82, 2.24) is 4.98 Å². The van der Waals surface area contributed by atoms with Crippen LogP contribution >= 0.6 is 0 Å². The Hall–Kier alpha value is -1.67. The van der Waals surface area contributed by atoms with Crippen molar-refractivity contribution in [3.05, 3.63) is 17.3 Å². The molecule has 102 valence electrons.